The summed E-state index contributed by atoms with van der Waals surface area (Å²) >= 11 is 0. The molecule has 6 heteroatoms. The summed E-state index contributed by atoms with van der Waals surface area (Å²) in [6.07, 6.45) is 8.21. The second kappa shape index (κ2) is 8.70. The van der Waals surface area contributed by atoms with Gasteiger partial charge in [0.2, 0.25) is 15.9 Å². The van der Waals surface area contributed by atoms with Crippen molar-refractivity contribution in [2.24, 2.45) is 0 Å². The third-order valence-corrected chi connectivity index (χ3v) is 5.96. The van der Waals surface area contributed by atoms with Crippen molar-refractivity contribution in [1.82, 2.24) is 5.32 Å². The van der Waals surface area contributed by atoms with Gasteiger partial charge in [-0.15, -0.1) is 0 Å². The van der Waals surface area contributed by atoms with E-state index in [1.54, 1.807) is 0 Å². The van der Waals surface area contributed by atoms with E-state index < -0.39 is 10.0 Å². The predicted molar refractivity (Wildman–Crippen MR) is 102 cm³/mol. The van der Waals surface area contributed by atoms with E-state index in [1.165, 1.54) is 23.4 Å². The lowest BCUT2D eigenvalue weighted by Gasteiger charge is -2.25. The van der Waals surface area contributed by atoms with Gasteiger partial charge in [-0.2, -0.15) is 0 Å². The lowest BCUT2D eigenvalue weighted by atomic mass is 10.1. The molecule has 1 aliphatic rings. The molecular formula is C19H30N2O3S. The summed E-state index contributed by atoms with van der Waals surface area (Å²) in [6.45, 7) is 4.04. The largest absolute Gasteiger partial charge is 0.353 e. The van der Waals surface area contributed by atoms with Gasteiger partial charge in [0, 0.05) is 19.0 Å². The van der Waals surface area contributed by atoms with Gasteiger partial charge in [0.1, 0.15) is 0 Å². The van der Waals surface area contributed by atoms with Gasteiger partial charge < -0.3 is 5.32 Å². The molecule has 0 radical (unpaired) electrons. The first-order valence-electron chi connectivity index (χ1n) is 9.11. The zero-order valence-corrected chi connectivity index (χ0v) is 16.4. The SMILES string of the molecule is Cc1ccc(N(CCC(=O)NC2CCCCCC2)S(C)(=O)=O)c(C)c1. The summed E-state index contributed by atoms with van der Waals surface area (Å²) in [5, 5.41) is 3.08. The second-order valence-corrected chi connectivity index (χ2v) is 9.04. The van der Waals surface area contributed by atoms with E-state index in [4.69, 9.17) is 0 Å². The maximum Gasteiger partial charge on any atom is 0.232 e. The van der Waals surface area contributed by atoms with Crippen LogP contribution in [-0.2, 0) is 14.8 Å². The third-order valence-electron chi connectivity index (χ3n) is 4.78. The highest BCUT2D eigenvalue weighted by Crippen LogP contribution is 2.24. The number of nitrogens with zero attached hydrogens (tertiary/aromatic N) is 1. The summed E-state index contributed by atoms with van der Waals surface area (Å²) in [5.74, 6) is -0.0645. The average Bonchev–Trinajstić information content (AvgIpc) is 2.76. The molecule has 1 saturated carbocycles. The zero-order valence-electron chi connectivity index (χ0n) is 15.5. The fraction of sp³-hybridized carbons (Fsp3) is 0.632. The van der Waals surface area contributed by atoms with Crippen molar-refractivity contribution >= 4 is 21.6 Å². The molecule has 5 nitrogen and oxygen atoms in total. The topological polar surface area (TPSA) is 66.5 Å². The van der Waals surface area contributed by atoms with Crippen LogP contribution in [0.4, 0.5) is 5.69 Å². The first-order chi connectivity index (χ1) is 11.8. The Kier molecular flexibility index (Phi) is 6.87. The standard InChI is InChI=1S/C19H30N2O3S/c1-15-10-11-18(16(2)14-15)21(25(3,23)24)13-12-19(22)20-17-8-6-4-5-7-9-17/h10-11,14,17H,4-9,12-13H2,1-3H3,(H,20,22). The van der Waals surface area contributed by atoms with Crippen molar-refractivity contribution in [2.45, 2.75) is 64.8 Å². The van der Waals surface area contributed by atoms with Gasteiger partial charge in [-0.25, -0.2) is 8.42 Å². The van der Waals surface area contributed by atoms with Crippen LogP contribution in [0.2, 0.25) is 0 Å². The highest BCUT2D eigenvalue weighted by molar-refractivity contribution is 7.92. The lowest BCUT2D eigenvalue weighted by molar-refractivity contribution is -0.121. The third kappa shape index (κ3) is 6.03. The molecule has 1 fully saturated rings. The van der Waals surface area contributed by atoms with E-state index in [0.717, 1.165) is 36.8 Å². The maximum atomic E-state index is 12.3. The van der Waals surface area contributed by atoms with Crippen molar-refractivity contribution < 1.29 is 13.2 Å². The van der Waals surface area contributed by atoms with E-state index >= 15 is 0 Å². The number of anilines is 1. The number of rotatable bonds is 6. The van der Waals surface area contributed by atoms with Crippen LogP contribution in [0.5, 0.6) is 0 Å². The normalized spacial score (nSPS) is 16.3. The summed E-state index contributed by atoms with van der Waals surface area (Å²) < 4.78 is 25.8. The van der Waals surface area contributed by atoms with Gasteiger partial charge in [0.25, 0.3) is 0 Å². The summed E-state index contributed by atoms with van der Waals surface area (Å²) in [7, 11) is -3.43. The number of carbonyl (C=O) groups excluding carboxylic acids is 1. The molecule has 0 aromatic heterocycles. The number of hydrogen-bond donors (Lipinski definition) is 1. The fourth-order valence-corrected chi connectivity index (χ4v) is 4.46. The Labute approximate surface area is 151 Å². The Morgan fingerprint density at radius 2 is 1.80 bits per heavy atom. The molecule has 25 heavy (non-hydrogen) atoms. The lowest BCUT2D eigenvalue weighted by Crippen LogP contribution is -2.38. The van der Waals surface area contributed by atoms with Crippen LogP contribution >= 0.6 is 0 Å². The van der Waals surface area contributed by atoms with Crippen molar-refractivity contribution in [3.05, 3.63) is 29.3 Å². The molecular weight excluding hydrogens is 336 g/mol. The van der Waals surface area contributed by atoms with Gasteiger partial charge in [-0.3, -0.25) is 9.10 Å². The van der Waals surface area contributed by atoms with Crippen LogP contribution in [0.1, 0.15) is 56.1 Å². The van der Waals surface area contributed by atoms with Gasteiger partial charge in [0.05, 0.1) is 11.9 Å². The Balaban J connectivity index is 2.01. The summed E-state index contributed by atoms with van der Waals surface area (Å²) in [4.78, 5) is 12.3. The minimum atomic E-state index is -3.43. The van der Waals surface area contributed by atoms with Crippen LogP contribution in [0.25, 0.3) is 0 Å². The van der Waals surface area contributed by atoms with Crippen molar-refractivity contribution in [3.8, 4) is 0 Å². The fourth-order valence-electron chi connectivity index (χ4n) is 3.48. The van der Waals surface area contributed by atoms with Crippen molar-refractivity contribution in [1.29, 1.82) is 0 Å². The monoisotopic (exact) mass is 366 g/mol. The molecule has 0 saturated heterocycles. The van der Waals surface area contributed by atoms with Gasteiger partial charge >= 0.3 is 0 Å². The zero-order chi connectivity index (χ0) is 18.4. The average molecular weight is 367 g/mol. The summed E-state index contributed by atoms with van der Waals surface area (Å²) in [6, 6.07) is 5.91. The van der Waals surface area contributed by atoms with Crippen molar-refractivity contribution in [3.63, 3.8) is 0 Å². The van der Waals surface area contributed by atoms with Crippen LogP contribution < -0.4 is 9.62 Å². The number of aryl methyl sites for hydroxylation is 2. The number of benzene rings is 1. The molecule has 0 atom stereocenters. The Morgan fingerprint density at radius 1 is 1.16 bits per heavy atom. The van der Waals surface area contributed by atoms with E-state index in [0.29, 0.717) is 5.69 Å². The molecule has 1 aliphatic carbocycles. The second-order valence-electron chi connectivity index (χ2n) is 7.13. The number of sulfonamides is 1. The first kappa shape index (κ1) is 19.8. The molecule has 0 unspecified atom stereocenters. The van der Waals surface area contributed by atoms with E-state index in [-0.39, 0.29) is 24.9 Å². The highest BCUT2D eigenvalue weighted by Gasteiger charge is 2.21. The van der Waals surface area contributed by atoms with Crippen molar-refractivity contribution in [2.75, 3.05) is 17.1 Å². The van der Waals surface area contributed by atoms with E-state index in [2.05, 4.69) is 5.32 Å². The van der Waals surface area contributed by atoms with Crippen LogP contribution in [-0.4, -0.2) is 33.2 Å². The Hall–Kier alpha value is -1.56. The number of nitrogens with one attached hydrogen (secondary N) is 1. The number of amides is 1. The molecule has 1 amide bonds. The quantitative estimate of drug-likeness (QED) is 0.786. The molecule has 1 aromatic carbocycles. The van der Waals surface area contributed by atoms with Crippen LogP contribution in [0.15, 0.2) is 18.2 Å². The molecule has 0 aliphatic heterocycles. The van der Waals surface area contributed by atoms with Gasteiger partial charge in [0.15, 0.2) is 0 Å². The molecule has 0 heterocycles. The predicted octanol–water partition coefficient (Wildman–Crippen LogP) is 3.30. The minimum Gasteiger partial charge on any atom is -0.353 e. The van der Waals surface area contributed by atoms with E-state index in [9.17, 15) is 13.2 Å². The molecule has 2 rings (SSSR count). The smallest absolute Gasteiger partial charge is 0.232 e. The molecule has 1 N–H and O–H groups in total. The number of carbonyl (C=O) groups is 1. The molecule has 0 bridgehead atoms. The highest BCUT2D eigenvalue weighted by atomic mass is 32.2. The van der Waals surface area contributed by atoms with E-state index in [1.807, 2.05) is 32.0 Å². The van der Waals surface area contributed by atoms with Crippen LogP contribution in [0.3, 0.4) is 0 Å². The van der Waals surface area contributed by atoms with Gasteiger partial charge in [-0.05, 0) is 38.3 Å². The Bertz CT molecular complexity index is 693. The molecule has 0 spiro atoms. The molecule has 1 aromatic rings. The maximum absolute atomic E-state index is 12.3. The molecule has 140 valence electrons. The summed E-state index contributed by atoms with van der Waals surface area (Å²) in [5.41, 5.74) is 2.63. The first-order valence-corrected chi connectivity index (χ1v) is 11.0. The Morgan fingerprint density at radius 3 is 2.36 bits per heavy atom. The van der Waals surface area contributed by atoms with Gasteiger partial charge in [-0.1, -0.05) is 43.4 Å². The van der Waals surface area contributed by atoms with Crippen LogP contribution in [0, 0.1) is 13.8 Å². The number of hydrogen-bond acceptors (Lipinski definition) is 3. The minimum absolute atomic E-state index is 0.0645.